The molecular formula is C11H7F6N3O4. The minimum absolute atomic E-state index is 0.0665. The number of alkyl halides is 6. The van der Waals surface area contributed by atoms with Crippen molar-refractivity contribution in [2.24, 2.45) is 0 Å². The Kier molecular flexibility index (Phi) is 5.37. The maximum atomic E-state index is 12.4. The molecular weight excluding hydrogens is 352 g/mol. The summed E-state index contributed by atoms with van der Waals surface area (Å²) >= 11 is 0. The van der Waals surface area contributed by atoms with Crippen LogP contribution in [0.25, 0.3) is 0 Å². The van der Waals surface area contributed by atoms with Crippen molar-refractivity contribution in [3.8, 4) is 0 Å². The molecule has 0 unspecified atom stereocenters. The van der Waals surface area contributed by atoms with Gasteiger partial charge in [0.15, 0.2) is 0 Å². The topological polar surface area (TPSA) is 99.6 Å². The number of carboxylic acids is 1. The van der Waals surface area contributed by atoms with E-state index in [0.29, 0.717) is 6.20 Å². The van der Waals surface area contributed by atoms with E-state index >= 15 is 0 Å². The van der Waals surface area contributed by atoms with Gasteiger partial charge in [-0.25, -0.2) is 9.59 Å². The number of hydrogen-bond acceptors (Lipinski definition) is 4. The lowest BCUT2D eigenvalue weighted by Crippen LogP contribution is -2.28. The number of aromatic nitrogens is 1. The molecule has 0 aliphatic carbocycles. The van der Waals surface area contributed by atoms with E-state index in [1.54, 1.807) is 0 Å². The van der Waals surface area contributed by atoms with Crippen LogP contribution in [-0.4, -0.2) is 40.7 Å². The average molecular weight is 359 g/mol. The zero-order chi connectivity index (χ0) is 18.7. The average Bonchev–Trinajstić information content (AvgIpc) is 2.76. The van der Waals surface area contributed by atoms with Gasteiger partial charge in [-0.3, -0.25) is 20.0 Å². The van der Waals surface area contributed by atoms with Crippen molar-refractivity contribution in [1.29, 1.82) is 0 Å². The molecule has 2 heterocycles. The monoisotopic (exact) mass is 359 g/mol. The number of pyridine rings is 1. The Morgan fingerprint density at radius 3 is 2.08 bits per heavy atom. The number of carbonyl (C=O) groups is 3. The van der Waals surface area contributed by atoms with E-state index in [1.807, 2.05) is 5.32 Å². The van der Waals surface area contributed by atoms with E-state index in [1.165, 1.54) is 0 Å². The number of nitrogens with zero attached hydrogens (tertiary/aromatic N) is 2. The highest BCUT2D eigenvalue weighted by Gasteiger charge is 2.38. The van der Waals surface area contributed by atoms with Crippen LogP contribution in [0.3, 0.4) is 0 Å². The number of amides is 3. The van der Waals surface area contributed by atoms with Crippen LogP contribution in [0.2, 0.25) is 0 Å². The Hall–Kier alpha value is -2.86. The Morgan fingerprint density at radius 2 is 1.71 bits per heavy atom. The van der Waals surface area contributed by atoms with Crippen LogP contribution in [0.4, 0.5) is 36.8 Å². The molecule has 132 valence electrons. The van der Waals surface area contributed by atoms with Gasteiger partial charge < -0.3 is 5.11 Å². The van der Waals surface area contributed by atoms with Crippen LogP contribution < -0.4 is 10.2 Å². The highest BCUT2D eigenvalue weighted by Crippen LogP contribution is 2.31. The summed E-state index contributed by atoms with van der Waals surface area (Å²) in [4.78, 5) is 35.3. The molecule has 1 aromatic rings. The predicted octanol–water partition coefficient (Wildman–Crippen LogP) is 1.79. The Morgan fingerprint density at radius 1 is 1.17 bits per heavy atom. The second kappa shape index (κ2) is 6.72. The number of aliphatic carboxylic acids is 1. The smallest absolute Gasteiger partial charge is 0.475 e. The van der Waals surface area contributed by atoms with Gasteiger partial charge in [0.1, 0.15) is 6.54 Å². The van der Waals surface area contributed by atoms with Gasteiger partial charge in [0.25, 0.3) is 0 Å². The summed E-state index contributed by atoms with van der Waals surface area (Å²) in [7, 11) is 0. The number of rotatable bonds is 1. The van der Waals surface area contributed by atoms with Crippen LogP contribution in [-0.2, 0) is 15.8 Å². The lowest BCUT2D eigenvalue weighted by molar-refractivity contribution is -0.192. The van der Waals surface area contributed by atoms with Gasteiger partial charge in [0.05, 0.1) is 17.4 Å². The van der Waals surface area contributed by atoms with Crippen molar-refractivity contribution >= 4 is 23.6 Å². The molecule has 1 aliphatic rings. The summed E-state index contributed by atoms with van der Waals surface area (Å²) in [5, 5.41) is 9.09. The molecule has 1 fully saturated rings. The molecule has 0 saturated carbocycles. The van der Waals surface area contributed by atoms with E-state index in [9.17, 15) is 35.9 Å². The molecule has 7 nitrogen and oxygen atoms in total. The Balaban J connectivity index is 0.000000351. The third-order valence-electron chi connectivity index (χ3n) is 2.40. The second-order valence-electron chi connectivity index (χ2n) is 4.17. The van der Waals surface area contributed by atoms with Gasteiger partial charge in [-0.05, 0) is 6.07 Å². The van der Waals surface area contributed by atoms with Gasteiger partial charge in [-0.1, -0.05) is 0 Å². The number of nitrogens with one attached hydrogen (secondary N) is 1. The number of carbonyl (C=O) groups excluding carboxylic acids is 2. The maximum absolute atomic E-state index is 12.4. The zero-order valence-electron chi connectivity index (χ0n) is 11.3. The van der Waals surface area contributed by atoms with Gasteiger partial charge >= 0.3 is 24.4 Å². The van der Waals surface area contributed by atoms with E-state index in [-0.39, 0.29) is 12.2 Å². The van der Waals surface area contributed by atoms with E-state index in [0.717, 1.165) is 17.2 Å². The van der Waals surface area contributed by atoms with Crippen molar-refractivity contribution in [1.82, 2.24) is 10.3 Å². The number of urea groups is 1. The molecule has 0 aromatic carbocycles. The summed E-state index contributed by atoms with van der Waals surface area (Å²) in [6.45, 7) is -0.304. The minimum Gasteiger partial charge on any atom is -0.475 e. The van der Waals surface area contributed by atoms with Crippen LogP contribution in [0.15, 0.2) is 18.5 Å². The van der Waals surface area contributed by atoms with Crippen LogP contribution in [0.5, 0.6) is 0 Å². The number of anilines is 1. The van der Waals surface area contributed by atoms with Crippen molar-refractivity contribution in [2.75, 3.05) is 11.4 Å². The van der Waals surface area contributed by atoms with Gasteiger partial charge in [0, 0.05) is 6.20 Å². The molecule has 0 spiro atoms. The standard InChI is InChI=1S/C9H6F3N3O2.C2HF3O2/c10-9(11,12)5-1-6(3-13-2-5)15-4-7(16)14-8(15)17;3-2(4,5)1(6)7/h1-3H,4H2,(H,14,16,17);(H,6,7). The van der Waals surface area contributed by atoms with Crippen molar-refractivity contribution in [2.45, 2.75) is 12.4 Å². The SMILES string of the molecule is O=C(O)C(F)(F)F.O=C1CN(c2cncc(C(F)(F)F)c2)C(=O)N1. The number of carboxylic acid groups (broad SMARTS) is 1. The second-order valence-corrected chi connectivity index (χ2v) is 4.17. The minimum atomic E-state index is -5.08. The fourth-order valence-electron chi connectivity index (χ4n) is 1.38. The molecule has 1 aromatic heterocycles. The fraction of sp³-hybridized carbons (Fsp3) is 0.273. The van der Waals surface area contributed by atoms with Crippen molar-refractivity contribution < 1.29 is 45.8 Å². The molecule has 2 N–H and O–H groups in total. The first kappa shape index (κ1) is 19.2. The van der Waals surface area contributed by atoms with E-state index in [4.69, 9.17) is 9.90 Å². The molecule has 24 heavy (non-hydrogen) atoms. The van der Waals surface area contributed by atoms with Crippen molar-refractivity contribution in [3.63, 3.8) is 0 Å². The highest BCUT2D eigenvalue weighted by atomic mass is 19.4. The first-order valence-electron chi connectivity index (χ1n) is 5.76. The van der Waals surface area contributed by atoms with E-state index in [2.05, 4.69) is 4.98 Å². The lowest BCUT2D eigenvalue weighted by atomic mass is 10.2. The summed E-state index contributed by atoms with van der Waals surface area (Å²) in [5.74, 6) is -3.32. The molecule has 2 rings (SSSR count). The number of hydrogen-bond donors (Lipinski definition) is 2. The largest absolute Gasteiger partial charge is 0.490 e. The molecule has 0 atom stereocenters. The molecule has 0 bridgehead atoms. The molecule has 1 aliphatic heterocycles. The molecule has 0 radical (unpaired) electrons. The third-order valence-corrected chi connectivity index (χ3v) is 2.40. The van der Waals surface area contributed by atoms with Gasteiger partial charge in [-0.2, -0.15) is 26.3 Å². The normalized spacial score (nSPS) is 14.8. The molecule has 3 amide bonds. The van der Waals surface area contributed by atoms with E-state index < -0.39 is 35.8 Å². The van der Waals surface area contributed by atoms with Crippen molar-refractivity contribution in [3.05, 3.63) is 24.0 Å². The quantitative estimate of drug-likeness (QED) is 0.588. The van der Waals surface area contributed by atoms with Crippen LogP contribution in [0.1, 0.15) is 5.56 Å². The van der Waals surface area contributed by atoms with Gasteiger partial charge in [-0.15, -0.1) is 0 Å². The fourth-order valence-corrected chi connectivity index (χ4v) is 1.38. The molecule has 1 saturated heterocycles. The summed E-state index contributed by atoms with van der Waals surface area (Å²) in [5.41, 5.74) is -1.04. The van der Waals surface area contributed by atoms with Crippen LogP contribution >= 0.6 is 0 Å². The van der Waals surface area contributed by atoms with Gasteiger partial charge in [0.2, 0.25) is 5.91 Å². The maximum Gasteiger partial charge on any atom is 0.490 e. The summed E-state index contributed by atoms with van der Waals surface area (Å²) in [6, 6.07) is 0.0154. The summed E-state index contributed by atoms with van der Waals surface area (Å²) < 4.78 is 68.9. The Labute approximate surface area is 128 Å². The number of imide groups is 1. The van der Waals surface area contributed by atoms with Crippen LogP contribution in [0, 0.1) is 0 Å². The zero-order valence-corrected chi connectivity index (χ0v) is 11.3. The highest BCUT2D eigenvalue weighted by molar-refractivity contribution is 6.12. The lowest BCUT2D eigenvalue weighted by Gasteiger charge is -2.14. The third kappa shape index (κ3) is 5.10. The predicted molar refractivity (Wildman–Crippen MR) is 63.8 cm³/mol. The summed E-state index contributed by atoms with van der Waals surface area (Å²) in [6.07, 6.45) is -7.88. The first-order valence-corrected chi connectivity index (χ1v) is 5.76. The first-order chi connectivity index (χ1) is 10.8. The molecule has 13 heteroatoms. The number of halogens is 6. The Bertz CT molecular complexity index is 658.